The minimum Gasteiger partial charge on any atom is -0.417 e. The molecule has 0 saturated carbocycles. The van der Waals surface area contributed by atoms with Crippen molar-refractivity contribution >= 4 is 17.2 Å². The molecule has 35 heavy (non-hydrogen) atoms. The molecule has 4 aromatic rings. The monoisotopic (exact) mass is 488 g/mol. The SMILES string of the molecule is Cc1cc(C(=O)N2CCC[C@@H]2c2nc(C)cs2)cc(-c2nnc([C@@](C)(N)Cc3ccccc3)o2)n1. The Morgan fingerprint density at radius 3 is 2.71 bits per heavy atom. The van der Waals surface area contributed by atoms with Crippen LogP contribution in [0.15, 0.2) is 52.3 Å². The molecule has 3 aromatic heterocycles. The van der Waals surface area contributed by atoms with Gasteiger partial charge in [0.2, 0.25) is 5.89 Å². The van der Waals surface area contributed by atoms with E-state index >= 15 is 0 Å². The van der Waals surface area contributed by atoms with Crippen LogP contribution >= 0.6 is 11.3 Å². The van der Waals surface area contributed by atoms with Crippen LogP contribution in [0.5, 0.6) is 0 Å². The molecule has 4 heterocycles. The van der Waals surface area contributed by atoms with Gasteiger partial charge in [0.15, 0.2) is 0 Å². The topological polar surface area (TPSA) is 111 Å². The normalized spacial score (nSPS) is 17.5. The summed E-state index contributed by atoms with van der Waals surface area (Å²) in [4.78, 5) is 24.6. The van der Waals surface area contributed by atoms with Crippen molar-refractivity contribution in [2.45, 2.75) is 51.6 Å². The minimum atomic E-state index is -0.844. The van der Waals surface area contributed by atoms with Gasteiger partial charge >= 0.3 is 0 Å². The first-order valence-electron chi connectivity index (χ1n) is 11.7. The molecule has 0 spiro atoms. The number of likely N-dealkylation sites (tertiary alicyclic amines) is 1. The second-order valence-electron chi connectivity index (χ2n) is 9.36. The lowest BCUT2D eigenvalue weighted by molar-refractivity contribution is 0.0735. The minimum absolute atomic E-state index is 0.00376. The van der Waals surface area contributed by atoms with E-state index in [4.69, 9.17) is 10.2 Å². The Morgan fingerprint density at radius 2 is 1.97 bits per heavy atom. The molecule has 1 aliphatic heterocycles. The Hall–Kier alpha value is -3.43. The number of amides is 1. The first kappa shape index (κ1) is 23.3. The zero-order valence-electron chi connectivity index (χ0n) is 20.1. The highest BCUT2D eigenvalue weighted by Crippen LogP contribution is 2.35. The van der Waals surface area contributed by atoms with Crippen LogP contribution in [0.3, 0.4) is 0 Å². The Morgan fingerprint density at radius 1 is 1.17 bits per heavy atom. The fourth-order valence-corrected chi connectivity index (χ4v) is 5.46. The number of aryl methyl sites for hydroxylation is 2. The number of nitrogens with zero attached hydrogens (tertiary/aromatic N) is 5. The van der Waals surface area contributed by atoms with E-state index in [9.17, 15) is 4.79 Å². The summed E-state index contributed by atoms with van der Waals surface area (Å²) in [6.07, 6.45) is 2.42. The lowest BCUT2D eigenvalue weighted by Crippen LogP contribution is -2.35. The maximum atomic E-state index is 13.5. The number of aromatic nitrogens is 4. The number of rotatable bonds is 6. The van der Waals surface area contributed by atoms with Crippen molar-refractivity contribution in [3.8, 4) is 11.6 Å². The highest BCUT2D eigenvalue weighted by molar-refractivity contribution is 7.09. The second-order valence-corrected chi connectivity index (χ2v) is 10.2. The van der Waals surface area contributed by atoms with Crippen LogP contribution in [0, 0.1) is 13.8 Å². The van der Waals surface area contributed by atoms with Gasteiger partial charge in [-0.25, -0.2) is 9.97 Å². The fraction of sp³-hybridized carbons (Fsp3) is 0.346. The third kappa shape index (κ3) is 4.87. The highest BCUT2D eigenvalue weighted by Gasteiger charge is 2.33. The predicted octanol–water partition coefficient (Wildman–Crippen LogP) is 4.60. The van der Waals surface area contributed by atoms with Gasteiger partial charge in [0.1, 0.15) is 10.7 Å². The molecule has 2 atom stereocenters. The number of benzene rings is 1. The van der Waals surface area contributed by atoms with Crippen molar-refractivity contribution in [1.82, 2.24) is 25.1 Å². The largest absolute Gasteiger partial charge is 0.417 e. The maximum absolute atomic E-state index is 13.5. The van der Waals surface area contributed by atoms with Crippen LogP contribution in [0.1, 0.15) is 64.0 Å². The average molecular weight is 489 g/mol. The zero-order valence-corrected chi connectivity index (χ0v) is 20.9. The number of carbonyl (C=O) groups is 1. The quantitative estimate of drug-likeness (QED) is 0.422. The summed E-state index contributed by atoms with van der Waals surface area (Å²) in [5.74, 6) is 0.530. The molecule has 1 fully saturated rings. The Balaban J connectivity index is 1.40. The van der Waals surface area contributed by atoms with E-state index < -0.39 is 5.54 Å². The van der Waals surface area contributed by atoms with E-state index in [1.165, 1.54) is 0 Å². The molecule has 0 unspecified atom stereocenters. The van der Waals surface area contributed by atoms with Gasteiger partial charge in [0, 0.05) is 28.9 Å². The molecule has 1 saturated heterocycles. The maximum Gasteiger partial charge on any atom is 0.266 e. The summed E-state index contributed by atoms with van der Waals surface area (Å²) in [5.41, 5.74) is 9.47. The summed E-state index contributed by atoms with van der Waals surface area (Å²) in [6.45, 7) is 6.40. The van der Waals surface area contributed by atoms with Gasteiger partial charge in [-0.2, -0.15) is 0 Å². The molecule has 180 valence electrons. The van der Waals surface area contributed by atoms with Crippen molar-refractivity contribution in [1.29, 1.82) is 0 Å². The van der Waals surface area contributed by atoms with Gasteiger partial charge in [-0.1, -0.05) is 30.3 Å². The molecule has 1 amide bonds. The van der Waals surface area contributed by atoms with Crippen LogP contribution in [-0.4, -0.2) is 37.5 Å². The predicted molar refractivity (Wildman–Crippen MR) is 134 cm³/mol. The number of pyridine rings is 1. The molecule has 0 aliphatic carbocycles. The second kappa shape index (κ2) is 9.31. The van der Waals surface area contributed by atoms with E-state index in [1.807, 2.05) is 61.4 Å². The van der Waals surface area contributed by atoms with Crippen LogP contribution in [0.4, 0.5) is 0 Å². The molecule has 2 N–H and O–H groups in total. The molecular weight excluding hydrogens is 460 g/mol. The van der Waals surface area contributed by atoms with Crippen molar-refractivity contribution in [2.24, 2.45) is 5.73 Å². The molecule has 8 nitrogen and oxygen atoms in total. The van der Waals surface area contributed by atoms with Crippen LogP contribution in [-0.2, 0) is 12.0 Å². The summed E-state index contributed by atoms with van der Waals surface area (Å²) in [7, 11) is 0. The molecule has 1 aromatic carbocycles. The lowest BCUT2D eigenvalue weighted by atomic mass is 9.94. The number of hydrogen-bond donors (Lipinski definition) is 1. The number of nitrogens with two attached hydrogens (primary N) is 1. The van der Waals surface area contributed by atoms with E-state index in [2.05, 4.69) is 20.2 Å². The van der Waals surface area contributed by atoms with Gasteiger partial charge < -0.3 is 15.1 Å². The molecule has 5 rings (SSSR count). The van der Waals surface area contributed by atoms with Gasteiger partial charge in [-0.15, -0.1) is 21.5 Å². The van der Waals surface area contributed by atoms with Gasteiger partial charge in [0.05, 0.1) is 11.6 Å². The average Bonchev–Trinajstić information content (AvgIpc) is 3.59. The van der Waals surface area contributed by atoms with Gasteiger partial charge in [-0.3, -0.25) is 4.79 Å². The number of carbonyl (C=O) groups excluding carboxylic acids is 1. The molecule has 9 heteroatoms. The van der Waals surface area contributed by atoms with E-state index in [1.54, 1.807) is 23.5 Å². The third-order valence-electron chi connectivity index (χ3n) is 6.18. The first-order chi connectivity index (χ1) is 16.8. The molecule has 0 radical (unpaired) electrons. The smallest absolute Gasteiger partial charge is 0.266 e. The van der Waals surface area contributed by atoms with Crippen molar-refractivity contribution < 1.29 is 9.21 Å². The molecule has 0 bridgehead atoms. The first-order valence-corrected chi connectivity index (χ1v) is 12.6. The lowest BCUT2D eigenvalue weighted by Gasteiger charge is -2.23. The Kier molecular flexibility index (Phi) is 6.21. The summed E-state index contributed by atoms with van der Waals surface area (Å²) in [6, 6.07) is 13.5. The summed E-state index contributed by atoms with van der Waals surface area (Å²) in [5, 5.41) is 11.4. The number of thiazole rings is 1. The highest BCUT2D eigenvalue weighted by atomic mass is 32.1. The van der Waals surface area contributed by atoms with Crippen LogP contribution in [0.25, 0.3) is 11.6 Å². The van der Waals surface area contributed by atoms with Crippen molar-refractivity contribution in [3.63, 3.8) is 0 Å². The van der Waals surface area contributed by atoms with Gasteiger partial charge in [0.25, 0.3) is 11.8 Å². The molecular formula is C26H28N6O2S. The fourth-order valence-electron chi connectivity index (χ4n) is 4.51. The van der Waals surface area contributed by atoms with Crippen molar-refractivity contribution in [3.05, 3.63) is 81.3 Å². The van der Waals surface area contributed by atoms with E-state index in [-0.39, 0.29) is 17.8 Å². The number of hydrogen-bond acceptors (Lipinski definition) is 8. The standard InChI is InChI=1S/C26H28N6O2S/c1-16-12-19(24(33)32-11-7-10-21(32)23-29-17(2)15-35-23)13-20(28-16)22-30-31-25(34-22)26(3,27)14-18-8-5-4-6-9-18/h4-6,8-9,12-13,15,21H,7,10-11,14,27H2,1-3H3/t21-,26+/m1/s1. The van der Waals surface area contributed by atoms with Crippen LogP contribution < -0.4 is 5.73 Å². The summed E-state index contributed by atoms with van der Waals surface area (Å²) >= 11 is 1.61. The Bertz CT molecular complexity index is 1350. The summed E-state index contributed by atoms with van der Waals surface area (Å²) < 4.78 is 5.97. The van der Waals surface area contributed by atoms with Gasteiger partial charge in [-0.05, 0) is 57.7 Å². The zero-order chi connectivity index (χ0) is 24.6. The molecule has 1 aliphatic rings. The van der Waals surface area contributed by atoms with Crippen molar-refractivity contribution in [2.75, 3.05) is 6.54 Å². The third-order valence-corrected chi connectivity index (χ3v) is 7.25. The van der Waals surface area contributed by atoms with Crippen LogP contribution in [0.2, 0.25) is 0 Å². The van der Waals surface area contributed by atoms with E-state index in [0.29, 0.717) is 35.8 Å². The van der Waals surface area contributed by atoms with E-state index in [0.717, 1.165) is 29.1 Å². The Labute approximate surface area is 208 Å².